The average molecular weight is 308 g/mol. The second-order valence-corrected chi connectivity index (χ2v) is 8.33. The first kappa shape index (κ1) is 19.2. The largest absolute Gasteiger partial charge is 0.444 e. The van der Waals surface area contributed by atoms with E-state index in [1.165, 1.54) is 6.26 Å². The third-order valence-corrected chi connectivity index (χ3v) is 3.56. The summed E-state index contributed by atoms with van der Waals surface area (Å²) in [4.78, 5) is 11.5. The van der Waals surface area contributed by atoms with Crippen molar-refractivity contribution in [2.75, 3.05) is 18.6 Å². The van der Waals surface area contributed by atoms with E-state index in [1.807, 2.05) is 13.8 Å². The summed E-state index contributed by atoms with van der Waals surface area (Å²) >= 11 is 0. The fourth-order valence-electron chi connectivity index (χ4n) is 1.75. The molecule has 0 aromatic rings. The summed E-state index contributed by atoms with van der Waals surface area (Å²) in [5.74, 6) is 0.0793. The summed E-state index contributed by atoms with van der Waals surface area (Å²) in [6.45, 7) is 9.60. The summed E-state index contributed by atoms with van der Waals surface area (Å²) in [6, 6.07) is -0.144. The van der Waals surface area contributed by atoms with E-state index in [2.05, 4.69) is 10.6 Å². The Hall–Kier alpha value is -0.820. The number of carbonyl (C=O) groups excluding carboxylic acids is 1. The predicted octanol–water partition coefficient (Wildman–Crippen LogP) is 1.31. The highest BCUT2D eigenvalue weighted by Gasteiger charge is 2.18. The first-order valence-corrected chi connectivity index (χ1v) is 8.89. The Morgan fingerprint density at radius 3 is 2.25 bits per heavy atom. The van der Waals surface area contributed by atoms with E-state index in [-0.39, 0.29) is 17.8 Å². The molecule has 2 atom stereocenters. The minimum absolute atomic E-state index is 0.0132. The van der Waals surface area contributed by atoms with Crippen molar-refractivity contribution in [1.29, 1.82) is 0 Å². The molecule has 0 saturated carbocycles. The van der Waals surface area contributed by atoms with Crippen molar-refractivity contribution < 1.29 is 17.9 Å². The Morgan fingerprint density at radius 1 is 1.30 bits per heavy atom. The molecule has 0 fully saturated rings. The van der Waals surface area contributed by atoms with Crippen LogP contribution < -0.4 is 10.6 Å². The number of ether oxygens (including phenoxy) is 1. The SMILES string of the molecule is CCC(CNC(=O)OC(C)(C)C)NC(C)CS(C)(=O)=O. The van der Waals surface area contributed by atoms with Gasteiger partial charge in [0.1, 0.15) is 15.4 Å². The summed E-state index contributed by atoms with van der Waals surface area (Å²) in [7, 11) is -3.01. The lowest BCUT2D eigenvalue weighted by Gasteiger charge is -2.24. The molecule has 0 rings (SSSR count). The maximum absolute atomic E-state index is 11.5. The van der Waals surface area contributed by atoms with Crippen molar-refractivity contribution in [3.05, 3.63) is 0 Å². The number of sulfone groups is 1. The predicted molar refractivity (Wildman–Crippen MR) is 80.6 cm³/mol. The van der Waals surface area contributed by atoms with E-state index in [0.29, 0.717) is 6.54 Å². The molecule has 120 valence electrons. The Morgan fingerprint density at radius 2 is 1.85 bits per heavy atom. The first-order chi connectivity index (χ1) is 8.93. The summed E-state index contributed by atoms with van der Waals surface area (Å²) in [5.41, 5.74) is -0.525. The molecule has 0 aliphatic heterocycles. The highest BCUT2D eigenvalue weighted by atomic mass is 32.2. The van der Waals surface area contributed by atoms with Gasteiger partial charge in [0.15, 0.2) is 0 Å². The third kappa shape index (κ3) is 11.0. The van der Waals surface area contributed by atoms with Gasteiger partial charge in [-0.3, -0.25) is 0 Å². The molecule has 2 N–H and O–H groups in total. The van der Waals surface area contributed by atoms with E-state index in [1.54, 1.807) is 20.8 Å². The first-order valence-electron chi connectivity index (χ1n) is 6.83. The summed E-state index contributed by atoms with van der Waals surface area (Å²) < 4.78 is 27.6. The minimum Gasteiger partial charge on any atom is -0.444 e. The standard InChI is InChI=1S/C13H28N2O4S/c1-7-11(15-10(2)9-20(6,17)18)8-14-12(16)19-13(3,4)5/h10-11,15H,7-9H2,1-6H3,(H,14,16). The number of carbonyl (C=O) groups is 1. The van der Waals surface area contributed by atoms with Gasteiger partial charge in [-0.1, -0.05) is 6.92 Å². The second kappa shape index (κ2) is 7.83. The maximum atomic E-state index is 11.5. The molecule has 0 aliphatic rings. The molecule has 20 heavy (non-hydrogen) atoms. The van der Waals surface area contributed by atoms with Crippen LogP contribution in [0.4, 0.5) is 4.79 Å². The quantitative estimate of drug-likeness (QED) is 0.741. The van der Waals surface area contributed by atoms with Crippen LogP contribution in [0.3, 0.4) is 0 Å². The number of nitrogens with one attached hydrogen (secondary N) is 2. The number of hydrogen-bond donors (Lipinski definition) is 2. The summed E-state index contributed by atoms with van der Waals surface area (Å²) in [5, 5.41) is 5.88. The molecule has 0 aromatic carbocycles. The Bertz CT molecular complexity index is 401. The highest BCUT2D eigenvalue weighted by molar-refractivity contribution is 7.90. The molecule has 0 aromatic heterocycles. The van der Waals surface area contributed by atoms with Gasteiger partial charge in [0.25, 0.3) is 0 Å². The van der Waals surface area contributed by atoms with Crippen LogP contribution in [0.1, 0.15) is 41.0 Å². The smallest absolute Gasteiger partial charge is 0.407 e. The van der Waals surface area contributed by atoms with E-state index >= 15 is 0 Å². The van der Waals surface area contributed by atoms with Crippen LogP contribution >= 0.6 is 0 Å². The zero-order chi connectivity index (χ0) is 16.0. The number of amides is 1. The van der Waals surface area contributed by atoms with Crippen molar-refractivity contribution >= 4 is 15.9 Å². The lowest BCUT2D eigenvalue weighted by molar-refractivity contribution is 0.0521. The fraction of sp³-hybridized carbons (Fsp3) is 0.923. The van der Waals surface area contributed by atoms with Crippen LogP contribution in [0, 0.1) is 0 Å². The molecule has 0 radical (unpaired) electrons. The summed E-state index contributed by atoms with van der Waals surface area (Å²) in [6.07, 6.45) is 1.53. The zero-order valence-electron chi connectivity index (χ0n) is 13.3. The molecule has 7 heteroatoms. The molecule has 6 nitrogen and oxygen atoms in total. The molecular formula is C13H28N2O4S. The van der Waals surface area contributed by atoms with Gasteiger partial charge in [-0.2, -0.15) is 0 Å². The fourth-order valence-corrected chi connectivity index (χ4v) is 2.75. The lowest BCUT2D eigenvalue weighted by Crippen LogP contribution is -2.47. The van der Waals surface area contributed by atoms with E-state index in [0.717, 1.165) is 6.42 Å². The Balaban J connectivity index is 4.19. The van der Waals surface area contributed by atoms with Crippen molar-refractivity contribution in [2.24, 2.45) is 0 Å². The van der Waals surface area contributed by atoms with Gasteiger partial charge in [0, 0.05) is 24.9 Å². The van der Waals surface area contributed by atoms with Gasteiger partial charge in [0.05, 0.1) is 5.75 Å². The number of hydrogen-bond acceptors (Lipinski definition) is 5. The normalized spacial score (nSPS) is 15.5. The van der Waals surface area contributed by atoms with E-state index in [4.69, 9.17) is 4.74 Å². The zero-order valence-corrected chi connectivity index (χ0v) is 14.1. The van der Waals surface area contributed by atoms with Crippen LogP contribution in [0.15, 0.2) is 0 Å². The highest BCUT2D eigenvalue weighted by Crippen LogP contribution is 2.06. The van der Waals surface area contributed by atoms with E-state index in [9.17, 15) is 13.2 Å². The molecule has 0 saturated heterocycles. The minimum atomic E-state index is -3.01. The number of alkyl carbamates (subject to hydrolysis) is 1. The molecule has 0 spiro atoms. The molecule has 0 heterocycles. The molecule has 0 bridgehead atoms. The van der Waals surface area contributed by atoms with Crippen molar-refractivity contribution in [2.45, 2.75) is 58.7 Å². The van der Waals surface area contributed by atoms with Crippen molar-refractivity contribution in [3.8, 4) is 0 Å². The van der Waals surface area contributed by atoms with Crippen molar-refractivity contribution in [3.63, 3.8) is 0 Å². The average Bonchev–Trinajstić information content (AvgIpc) is 2.18. The molecular weight excluding hydrogens is 280 g/mol. The van der Waals surface area contributed by atoms with Crippen LogP contribution in [0.2, 0.25) is 0 Å². The Kier molecular flexibility index (Phi) is 7.51. The third-order valence-electron chi connectivity index (χ3n) is 2.46. The van der Waals surface area contributed by atoms with Gasteiger partial charge >= 0.3 is 6.09 Å². The van der Waals surface area contributed by atoms with Gasteiger partial charge < -0.3 is 15.4 Å². The number of rotatable bonds is 7. The van der Waals surface area contributed by atoms with Gasteiger partial charge in [-0.15, -0.1) is 0 Å². The van der Waals surface area contributed by atoms with E-state index < -0.39 is 21.5 Å². The molecule has 1 amide bonds. The monoisotopic (exact) mass is 308 g/mol. The van der Waals surface area contributed by atoms with Crippen molar-refractivity contribution in [1.82, 2.24) is 10.6 Å². The second-order valence-electron chi connectivity index (χ2n) is 6.15. The van der Waals surface area contributed by atoms with Crippen LogP contribution in [0.25, 0.3) is 0 Å². The van der Waals surface area contributed by atoms with Crippen LogP contribution in [0.5, 0.6) is 0 Å². The van der Waals surface area contributed by atoms with Gasteiger partial charge in [-0.05, 0) is 34.1 Å². The topological polar surface area (TPSA) is 84.5 Å². The molecule has 2 unspecified atom stereocenters. The maximum Gasteiger partial charge on any atom is 0.407 e. The molecule has 0 aliphatic carbocycles. The van der Waals surface area contributed by atoms with Crippen LogP contribution in [-0.2, 0) is 14.6 Å². The Labute approximate surface area is 122 Å². The lowest BCUT2D eigenvalue weighted by atomic mass is 10.2. The van der Waals surface area contributed by atoms with Crippen LogP contribution in [-0.4, -0.2) is 50.7 Å². The van der Waals surface area contributed by atoms with Gasteiger partial charge in [-0.25, -0.2) is 13.2 Å². The van der Waals surface area contributed by atoms with Gasteiger partial charge in [0.2, 0.25) is 0 Å².